The summed E-state index contributed by atoms with van der Waals surface area (Å²) in [6.45, 7) is 2.51. The quantitative estimate of drug-likeness (QED) is 0.906. The van der Waals surface area contributed by atoms with E-state index in [0.717, 1.165) is 37.4 Å². The van der Waals surface area contributed by atoms with Gasteiger partial charge in [-0.1, -0.05) is 29.8 Å². The van der Waals surface area contributed by atoms with Crippen molar-refractivity contribution in [3.63, 3.8) is 0 Å². The fraction of sp³-hybridized carbons (Fsp3) is 0.333. The van der Waals surface area contributed by atoms with Crippen LogP contribution < -0.4 is 14.8 Å². The fourth-order valence-corrected chi connectivity index (χ4v) is 2.78. The largest absolute Gasteiger partial charge is 0.493 e. The van der Waals surface area contributed by atoms with Crippen molar-refractivity contribution >= 4 is 11.6 Å². The molecule has 0 radical (unpaired) electrons. The number of nitrogens with one attached hydrogen (secondary N) is 1. The highest BCUT2D eigenvalue weighted by atomic mass is 35.5. The third-order valence-corrected chi connectivity index (χ3v) is 4.01. The predicted molar refractivity (Wildman–Crippen MR) is 90.8 cm³/mol. The minimum Gasteiger partial charge on any atom is -0.493 e. The van der Waals surface area contributed by atoms with E-state index >= 15 is 0 Å². The summed E-state index contributed by atoms with van der Waals surface area (Å²) in [6, 6.07) is 13.3. The van der Waals surface area contributed by atoms with Gasteiger partial charge >= 0.3 is 0 Å². The zero-order valence-electron chi connectivity index (χ0n) is 13.0. The van der Waals surface area contributed by atoms with Crippen molar-refractivity contribution in [1.29, 1.82) is 0 Å². The number of benzene rings is 2. The summed E-state index contributed by atoms with van der Waals surface area (Å²) < 4.78 is 17.2. The second-order valence-electron chi connectivity index (χ2n) is 5.41. The highest BCUT2D eigenvalue weighted by Crippen LogP contribution is 2.35. The average molecular weight is 334 g/mol. The van der Waals surface area contributed by atoms with Crippen LogP contribution in [0.3, 0.4) is 0 Å². The molecule has 122 valence electrons. The Morgan fingerprint density at radius 2 is 2.04 bits per heavy atom. The van der Waals surface area contributed by atoms with Gasteiger partial charge in [-0.3, -0.25) is 0 Å². The van der Waals surface area contributed by atoms with E-state index in [9.17, 15) is 0 Å². The van der Waals surface area contributed by atoms with Crippen molar-refractivity contribution in [2.75, 3.05) is 26.8 Å². The summed E-state index contributed by atoms with van der Waals surface area (Å²) in [4.78, 5) is 0. The lowest BCUT2D eigenvalue weighted by Crippen LogP contribution is -2.39. The molecule has 2 aromatic carbocycles. The first-order valence-electron chi connectivity index (χ1n) is 7.68. The zero-order chi connectivity index (χ0) is 16.1. The summed E-state index contributed by atoms with van der Waals surface area (Å²) in [5.41, 5.74) is 1.10. The standard InChI is InChI=1S/C18H20ClNO3/c1-21-17-7-6-14(19)11-18(17)23-16-5-3-2-4-13(16)10-15-12-20-8-9-22-15/h2-7,11,15,20H,8-10,12H2,1H3/t15-/m0/s1. The summed E-state index contributed by atoms with van der Waals surface area (Å²) >= 11 is 6.07. The van der Waals surface area contributed by atoms with Gasteiger partial charge in [-0.2, -0.15) is 0 Å². The number of ether oxygens (including phenoxy) is 3. The number of halogens is 1. The molecule has 2 aromatic rings. The van der Waals surface area contributed by atoms with Gasteiger partial charge in [0.1, 0.15) is 5.75 Å². The van der Waals surface area contributed by atoms with Crippen LogP contribution in [0.25, 0.3) is 0 Å². The maximum Gasteiger partial charge on any atom is 0.170 e. The van der Waals surface area contributed by atoms with Gasteiger partial charge in [0, 0.05) is 30.6 Å². The summed E-state index contributed by atoms with van der Waals surface area (Å²) in [5.74, 6) is 2.05. The second kappa shape index (κ2) is 7.68. The zero-order valence-corrected chi connectivity index (χ0v) is 13.8. The normalized spacial score (nSPS) is 17.7. The molecule has 1 atom stereocenters. The van der Waals surface area contributed by atoms with Crippen LogP contribution in [-0.2, 0) is 11.2 Å². The Labute approximate surface area is 141 Å². The van der Waals surface area contributed by atoms with E-state index in [0.29, 0.717) is 16.5 Å². The number of methoxy groups -OCH3 is 1. The van der Waals surface area contributed by atoms with E-state index < -0.39 is 0 Å². The van der Waals surface area contributed by atoms with E-state index in [2.05, 4.69) is 11.4 Å². The SMILES string of the molecule is COc1ccc(Cl)cc1Oc1ccccc1C[C@H]1CNCCO1. The highest BCUT2D eigenvalue weighted by molar-refractivity contribution is 6.30. The van der Waals surface area contributed by atoms with E-state index in [1.54, 1.807) is 25.3 Å². The molecular formula is C18H20ClNO3. The molecule has 23 heavy (non-hydrogen) atoms. The fourth-order valence-electron chi connectivity index (χ4n) is 2.62. The number of rotatable bonds is 5. The number of hydrogen-bond donors (Lipinski definition) is 1. The average Bonchev–Trinajstić information content (AvgIpc) is 2.58. The Bertz CT molecular complexity index is 656. The minimum atomic E-state index is 0.162. The van der Waals surface area contributed by atoms with Crippen LogP contribution in [0, 0.1) is 0 Å². The molecule has 0 bridgehead atoms. The molecule has 0 amide bonds. The molecule has 0 unspecified atom stereocenters. The van der Waals surface area contributed by atoms with Gasteiger partial charge in [0.25, 0.3) is 0 Å². The van der Waals surface area contributed by atoms with Crippen LogP contribution in [0.15, 0.2) is 42.5 Å². The van der Waals surface area contributed by atoms with Crippen LogP contribution in [0.2, 0.25) is 5.02 Å². The first-order chi connectivity index (χ1) is 11.3. The first-order valence-corrected chi connectivity index (χ1v) is 8.05. The van der Waals surface area contributed by atoms with Gasteiger partial charge in [-0.15, -0.1) is 0 Å². The maximum absolute atomic E-state index is 6.07. The molecule has 0 aromatic heterocycles. The molecule has 4 nitrogen and oxygen atoms in total. The summed E-state index contributed by atoms with van der Waals surface area (Å²) in [6.07, 6.45) is 0.959. The Morgan fingerprint density at radius 1 is 1.17 bits per heavy atom. The van der Waals surface area contributed by atoms with Crippen molar-refractivity contribution in [1.82, 2.24) is 5.32 Å². The van der Waals surface area contributed by atoms with Gasteiger partial charge in [-0.05, 0) is 23.8 Å². The number of morpholine rings is 1. The van der Waals surface area contributed by atoms with E-state index in [1.165, 1.54) is 0 Å². The monoisotopic (exact) mass is 333 g/mol. The molecule has 0 aliphatic carbocycles. The molecule has 1 aliphatic rings. The molecule has 1 fully saturated rings. The Kier molecular flexibility index (Phi) is 5.39. The summed E-state index contributed by atoms with van der Waals surface area (Å²) in [5, 5.41) is 3.96. The van der Waals surface area contributed by atoms with Gasteiger partial charge in [0.2, 0.25) is 0 Å². The molecule has 1 aliphatic heterocycles. The van der Waals surface area contributed by atoms with Crippen molar-refractivity contribution in [2.45, 2.75) is 12.5 Å². The molecule has 5 heteroatoms. The number of para-hydroxylation sites is 1. The van der Waals surface area contributed by atoms with Gasteiger partial charge in [-0.25, -0.2) is 0 Å². The van der Waals surface area contributed by atoms with Gasteiger partial charge in [0.15, 0.2) is 11.5 Å². The lowest BCUT2D eigenvalue weighted by atomic mass is 10.1. The molecular weight excluding hydrogens is 314 g/mol. The van der Waals surface area contributed by atoms with E-state index in [1.807, 2.05) is 18.2 Å². The lowest BCUT2D eigenvalue weighted by Gasteiger charge is -2.24. The second-order valence-corrected chi connectivity index (χ2v) is 5.84. The van der Waals surface area contributed by atoms with E-state index in [-0.39, 0.29) is 6.10 Å². The van der Waals surface area contributed by atoms with Crippen molar-refractivity contribution in [3.8, 4) is 17.2 Å². The van der Waals surface area contributed by atoms with Gasteiger partial charge in [0.05, 0.1) is 19.8 Å². The smallest absolute Gasteiger partial charge is 0.170 e. The third-order valence-electron chi connectivity index (χ3n) is 3.77. The van der Waals surface area contributed by atoms with Crippen LogP contribution in [-0.4, -0.2) is 32.9 Å². The molecule has 1 heterocycles. The maximum atomic E-state index is 6.07. The van der Waals surface area contributed by atoms with Crippen LogP contribution in [0.4, 0.5) is 0 Å². The third kappa shape index (κ3) is 4.16. The molecule has 3 rings (SSSR count). The molecule has 0 saturated carbocycles. The van der Waals surface area contributed by atoms with E-state index in [4.69, 9.17) is 25.8 Å². The van der Waals surface area contributed by atoms with Crippen molar-refractivity contribution in [3.05, 3.63) is 53.1 Å². The molecule has 0 spiro atoms. The molecule has 1 saturated heterocycles. The highest BCUT2D eigenvalue weighted by Gasteiger charge is 2.17. The minimum absolute atomic E-state index is 0.162. The first kappa shape index (κ1) is 16.1. The van der Waals surface area contributed by atoms with Gasteiger partial charge < -0.3 is 19.5 Å². The Balaban J connectivity index is 1.81. The lowest BCUT2D eigenvalue weighted by molar-refractivity contribution is 0.0289. The Morgan fingerprint density at radius 3 is 2.83 bits per heavy atom. The predicted octanol–water partition coefficient (Wildman–Crippen LogP) is 3.67. The summed E-state index contributed by atoms with van der Waals surface area (Å²) in [7, 11) is 1.61. The van der Waals surface area contributed by atoms with Crippen LogP contribution >= 0.6 is 11.6 Å². The Hall–Kier alpha value is -1.75. The molecule has 1 N–H and O–H groups in total. The van der Waals surface area contributed by atoms with Crippen molar-refractivity contribution in [2.24, 2.45) is 0 Å². The number of hydrogen-bond acceptors (Lipinski definition) is 4. The topological polar surface area (TPSA) is 39.7 Å². The van der Waals surface area contributed by atoms with Crippen molar-refractivity contribution < 1.29 is 14.2 Å². The van der Waals surface area contributed by atoms with Crippen LogP contribution in [0.1, 0.15) is 5.56 Å². The van der Waals surface area contributed by atoms with Crippen LogP contribution in [0.5, 0.6) is 17.2 Å².